The average Bonchev–Trinajstić information content (AvgIpc) is 2.84. The Kier molecular flexibility index (Phi) is 6.72. The summed E-state index contributed by atoms with van der Waals surface area (Å²) < 4.78 is 0. The van der Waals surface area contributed by atoms with Crippen LogP contribution in [-0.4, -0.2) is 48.9 Å². The largest absolute Gasteiger partial charge is 0.353 e. The van der Waals surface area contributed by atoms with Crippen molar-refractivity contribution in [1.29, 1.82) is 0 Å². The van der Waals surface area contributed by atoms with Crippen molar-refractivity contribution in [2.45, 2.75) is 45.6 Å². The lowest BCUT2D eigenvalue weighted by Crippen LogP contribution is -2.47. The Balaban J connectivity index is 2.38. The van der Waals surface area contributed by atoms with Gasteiger partial charge in [-0.3, -0.25) is 9.59 Å². The first kappa shape index (κ1) is 15.0. The molecule has 0 spiro atoms. The molecular formula is C13H25N3O2. The second kappa shape index (κ2) is 8.08. The number of likely N-dealkylation sites (N-methyl/N-ethyl adjacent to an activating group) is 1. The molecule has 0 aromatic heterocycles. The molecule has 18 heavy (non-hydrogen) atoms. The summed E-state index contributed by atoms with van der Waals surface area (Å²) in [5, 5.41) is 6.04. The first-order valence-electron chi connectivity index (χ1n) is 6.98. The average molecular weight is 255 g/mol. The quantitative estimate of drug-likeness (QED) is 0.651. The monoisotopic (exact) mass is 255 g/mol. The van der Waals surface area contributed by atoms with Gasteiger partial charge in [0.15, 0.2) is 0 Å². The van der Waals surface area contributed by atoms with E-state index in [1.807, 2.05) is 13.8 Å². The van der Waals surface area contributed by atoms with Crippen molar-refractivity contribution in [2.24, 2.45) is 0 Å². The molecule has 0 bridgehead atoms. The molecule has 1 atom stereocenters. The normalized spacial score (nSPS) is 19.0. The van der Waals surface area contributed by atoms with Gasteiger partial charge in [0.05, 0.1) is 0 Å². The highest BCUT2D eigenvalue weighted by atomic mass is 16.2. The molecule has 1 aliphatic heterocycles. The molecule has 1 heterocycles. The van der Waals surface area contributed by atoms with Crippen LogP contribution in [0, 0.1) is 0 Å². The number of hydrogen-bond acceptors (Lipinski definition) is 3. The lowest BCUT2D eigenvalue weighted by atomic mass is 10.2. The highest BCUT2D eigenvalue weighted by Crippen LogP contribution is 2.18. The third-order valence-corrected chi connectivity index (χ3v) is 3.19. The molecule has 1 saturated heterocycles. The zero-order chi connectivity index (χ0) is 13.4. The van der Waals surface area contributed by atoms with E-state index in [0.29, 0.717) is 13.0 Å². The molecule has 104 valence electrons. The van der Waals surface area contributed by atoms with Crippen molar-refractivity contribution in [1.82, 2.24) is 15.5 Å². The van der Waals surface area contributed by atoms with E-state index in [0.717, 1.165) is 38.9 Å². The summed E-state index contributed by atoms with van der Waals surface area (Å²) in [5.74, 6) is 0.108. The minimum Gasteiger partial charge on any atom is -0.353 e. The summed E-state index contributed by atoms with van der Waals surface area (Å²) >= 11 is 0. The van der Waals surface area contributed by atoms with Gasteiger partial charge < -0.3 is 15.5 Å². The van der Waals surface area contributed by atoms with Crippen LogP contribution >= 0.6 is 0 Å². The zero-order valence-electron chi connectivity index (χ0n) is 11.5. The number of nitrogens with one attached hydrogen (secondary N) is 2. The number of carbonyl (C=O) groups is 2. The van der Waals surface area contributed by atoms with Gasteiger partial charge in [0.25, 0.3) is 0 Å². The second-order valence-electron chi connectivity index (χ2n) is 4.64. The SMILES string of the molecule is CCCC(=O)N1CCCC1C(=O)NCCNCC. The third kappa shape index (κ3) is 4.29. The van der Waals surface area contributed by atoms with Crippen molar-refractivity contribution in [3.05, 3.63) is 0 Å². The lowest BCUT2D eigenvalue weighted by molar-refractivity contribution is -0.138. The van der Waals surface area contributed by atoms with Crippen LogP contribution in [-0.2, 0) is 9.59 Å². The van der Waals surface area contributed by atoms with Gasteiger partial charge in [-0.15, -0.1) is 0 Å². The van der Waals surface area contributed by atoms with E-state index in [4.69, 9.17) is 0 Å². The predicted octanol–water partition coefficient (Wildman–Crippen LogP) is 0.503. The van der Waals surface area contributed by atoms with E-state index in [1.165, 1.54) is 0 Å². The number of amides is 2. The molecule has 1 aliphatic rings. The van der Waals surface area contributed by atoms with Crippen LogP contribution < -0.4 is 10.6 Å². The Labute approximate surface area is 109 Å². The van der Waals surface area contributed by atoms with E-state index >= 15 is 0 Å². The Morgan fingerprint density at radius 3 is 2.72 bits per heavy atom. The maximum Gasteiger partial charge on any atom is 0.242 e. The highest BCUT2D eigenvalue weighted by Gasteiger charge is 2.33. The minimum atomic E-state index is -0.245. The van der Waals surface area contributed by atoms with Gasteiger partial charge in [0.1, 0.15) is 6.04 Å². The van der Waals surface area contributed by atoms with E-state index in [-0.39, 0.29) is 17.9 Å². The van der Waals surface area contributed by atoms with Crippen molar-refractivity contribution >= 4 is 11.8 Å². The maximum atomic E-state index is 12.0. The first-order valence-corrected chi connectivity index (χ1v) is 6.98. The van der Waals surface area contributed by atoms with Crippen molar-refractivity contribution in [3.63, 3.8) is 0 Å². The highest BCUT2D eigenvalue weighted by molar-refractivity contribution is 5.88. The van der Waals surface area contributed by atoms with Gasteiger partial charge >= 0.3 is 0 Å². The summed E-state index contributed by atoms with van der Waals surface area (Å²) in [4.78, 5) is 25.6. The molecule has 1 rings (SSSR count). The summed E-state index contributed by atoms with van der Waals surface area (Å²) in [7, 11) is 0. The summed E-state index contributed by atoms with van der Waals surface area (Å²) in [5.41, 5.74) is 0. The summed E-state index contributed by atoms with van der Waals surface area (Å²) in [6.07, 6.45) is 3.11. The van der Waals surface area contributed by atoms with Gasteiger partial charge in [0.2, 0.25) is 11.8 Å². The van der Waals surface area contributed by atoms with Crippen LogP contribution in [0.15, 0.2) is 0 Å². The van der Waals surface area contributed by atoms with Crippen LogP contribution in [0.4, 0.5) is 0 Å². The van der Waals surface area contributed by atoms with Crippen molar-refractivity contribution < 1.29 is 9.59 Å². The fourth-order valence-electron chi connectivity index (χ4n) is 2.26. The molecule has 2 amide bonds. The van der Waals surface area contributed by atoms with E-state index in [2.05, 4.69) is 10.6 Å². The molecule has 1 unspecified atom stereocenters. The Bertz CT molecular complexity index is 281. The molecule has 0 radical (unpaired) electrons. The third-order valence-electron chi connectivity index (χ3n) is 3.19. The molecule has 0 aromatic carbocycles. The number of nitrogens with zero attached hydrogens (tertiary/aromatic N) is 1. The first-order chi connectivity index (χ1) is 8.70. The number of rotatable bonds is 7. The van der Waals surface area contributed by atoms with Gasteiger partial charge in [-0.2, -0.15) is 0 Å². The topological polar surface area (TPSA) is 61.4 Å². The van der Waals surface area contributed by atoms with Gasteiger partial charge in [-0.1, -0.05) is 13.8 Å². The smallest absolute Gasteiger partial charge is 0.242 e. The number of carbonyl (C=O) groups excluding carboxylic acids is 2. The fraction of sp³-hybridized carbons (Fsp3) is 0.846. The maximum absolute atomic E-state index is 12.0. The standard InChI is InChI=1S/C13H25N3O2/c1-3-6-12(17)16-10-5-7-11(16)13(18)15-9-8-14-4-2/h11,14H,3-10H2,1-2H3,(H,15,18). The van der Waals surface area contributed by atoms with Crippen LogP contribution in [0.25, 0.3) is 0 Å². The fourth-order valence-corrected chi connectivity index (χ4v) is 2.26. The van der Waals surface area contributed by atoms with Crippen LogP contribution in [0.5, 0.6) is 0 Å². The van der Waals surface area contributed by atoms with E-state index in [9.17, 15) is 9.59 Å². The predicted molar refractivity (Wildman–Crippen MR) is 71.2 cm³/mol. The van der Waals surface area contributed by atoms with Crippen molar-refractivity contribution in [2.75, 3.05) is 26.2 Å². The summed E-state index contributed by atoms with van der Waals surface area (Å²) in [6.45, 7) is 7.05. The Morgan fingerprint density at radius 2 is 2.06 bits per heavy atom. The van der Waals surface area contributed by atoms with Crippen LogP contribution in [0.2, 0.25) is 0 Å². The van der Waals surface area contributed by atoms with Gasteiger partial charge in [0, 0.05) is 26.1 Å². The van der Waals surface area contributed by atoms with Gasteiger partial charge in [-0.25, -0.2) is 0 Å². The lowest BCUT2D eigenvalue weighted by Gasteiger charge is -2.23. The molecule has 0 aromatic rings. The molecule has 5 nitrogen and oxygen atoms in total. The zero-order valence-corrected chi connectivity index (χ0v) is 11.5. The van der Waals surface area contributed by atoms with Crippen LogP contribution in [0.1, 0.15) is 39.5 Å². The Morgan fingerprint density at radius 1 is 1.28 bits per heavy atom. The molecule has 2 N–H and O–H groups in total. The Hall–Kier alpha value is -1.10. The van der Waals surface area contributed by atoms with E-state index in [1.54, 1.807) is 4.90 Å². The summed E-state index contributed by atoms with van der Waals surface area (Å²) in [6, 6.07) is -0.245. The minimum absolute atomic E-state index is 0.00476. The molecule has 1 fully saturated rings. The molecule has 0 aliphatic carbocycles. The van der Waals surface area contributed by atoms with E-state index < -0.39 is 0 Å². The number of hydrogen-bond donors (Lipinski definition) is 2. The molecule has 0 saturated carbocycles. The van der Waals surface area contributed by atoms with Crippen LogP contribution in [0.3, 0.4) is 0 Å². The molecule has 5 heteroatoms. The number of likely N-dealkylation sites (tertiary alicyclic amines) is 1. The van der Waals surface area contributed by atoms with Crippen molar-refractivity contribution in [3.8, 4) is 0 Å². The van der Waals surface area contributed by atoms with Gasteiger partial charge in [-0.05, 0) is 25.8 Å². The second-order valence-corrected chi connectivity index (χ2v) is 4.64. The molecular weight excluding hydrogens is 230 g/mol.